The summed E-state index contributed by atoms with van der Waals surface area (Å²) < 4.78 is 42.1. The third kappa shape index (κ3) is 2.93. The highest BCUT2D eigenvalue weighted by molar-refractivity contribution is 7.89. The van der Waals surface area contributed by atoms with Gasteiger partial charge < -0.3 is 5.11 Å². The van der Waals surface area contributed by atoms with Crippen molar-refractivity contribution < 1.29 is 22.7 Å². The first kappa shape index (κ1) is 19.0. The molecule has 2 N–H and O–H groups in total. The third-order valence-corrected chi connectivity index (χ3v) is 7.49. The van der Waals surface area contributed by atoms with E-state index in [0.717, 1.165) is 27.8 Å². The molecular weight excluding hydrogens is 405 g/mol. The van der Waals surface area contributed by atoms with Crippen LogP contribution in [0.25, 0.3) is 11.1 Å². The molecule has 0 aliphatic heterocycles. The second kappa shape index (κ2) is 6.48. The Morgan fingerprint density at radius 1 is 1.00 bits per heavy atom. The molecule has 0 aromatic heterocycles. The van der Waals surface area contributed by atoms with E-state index in [1.165, 1.54) is 18.2 Å². The first-order valence-corrected chi connectivity index (χ1v) is 11.0. The number of benzene rings is 3. The molecule has 2 aliphatic rings. The summed E-state index contributed by atoms with van der Waals surface area (Å²) >= 11 is 0. The number of aliphatic carboxylic acids is 1. The Morgan fingerprint density at radius 2 is 1.67 bits per heavy atom. The van der Waals surface area contributed by atoms with Crippen molar-refractivity contribution >= 4 is 16.0 Å². The highest BCUT2D eigenvalue weighted by Crippen LogP contribution is 2.52. The Kier molecular flexibility index (Phi) is 4.10. The third-order valence-electron chi connectivity index (χ3n) is 5.99. The van der Waals surface area contributed by atoms with Gasteiger partial charge in [0, 0.05) is 5.92 Å². The quantitative estimate of drug-likeness (QED) is 0.513. The van der Waals surface area contributed by atoms with E-state index < -0.39 is 27.4 Å². The van der Waals surface area contributed by atoms with Crippen molar-refractivity contribution in [3.05, 3.63) is 89.2 Å². The van der Waals surface area contributed by atoms with E-state index in [9.17, 15) is 22.7 Å². The summed E-state index contributed by atoms with van der Waals surface area (Å²) in [5, 5.41) is 9.78. The standard InChI is InChI=1S/C23H18FNO4S/c24-17-6-8-19-15(11-17)10-16-12-18(7-9-20(16)19)30(28,29)25-23(22(26)27)13-21(23)14-4-2-1-3-5-14/h1-9,11-12,21,25H,10,13H2,(H,26,27)/t21-,23+/m0/s1. The zero-order valence-corrected chi connectivity index (χ0v) is 16.6. The van der Waals surface area contributed by atoms with Crippen molar-refractivity contribution in [1.29, 1.82) is 0 Å². The van der Waals surface area contributed by atoms with Gasteiger partial charge in [0.1, 0.15) is 11.4 Å². The van der Waals surface area contributed by atoms with E-state index in [1.807, 2.05) is 6.07 Å². The minimum absolute atomic E-state index is 0.00821. The van der Waals surface area contributed by atoms with Gasteiger partial charge in [-0.1, -0.05) is 42.5 Å². The largest absolute Gasteiger partial charge is 0.480 e. The van der Waals surface area contributed by atoms with Gasteiger partial charge in [0.25, 0.3) is 0 Å². The normalized spacial score (nSPS) is 21.7. The maximum atomic E-state index is 13.5. The molecular formula is C23H18FNO4S. The van der Waals surface area contributed by atoms with Gasteiger partial charge in [0.15, 0.2) is 0 Å². The monoisotopic (exact) mass is 423 g/mol. The number of carboxylic acid groups (broad SMARTS) is 1. The van der Waals surface area contributed by atoms with Crippen LogP contribution in [0.3, 0.4) is 0 Å². The van der Waals surface area contributed by atoms with Gasteiger partial charge >= 0.3 is 5.97 Å². The second-order valence-electron chi connectivity index (χ2n) is 7.85. The molecule has 0 unspecified atom stereocenters. The maximum Gasteiger partial charge on any atom is 0.325 e. The molecule has 1 fully saturated rings. The van der Waals surface area contributed by atoms with Crippen LogP contribution in [0, 0.1) is 5.82 Å². The smallest absolute Gasteiger partial charge is 0.325 e. The summed E-state index contributed by atoms with van der Waals surface area (Å²) in [6, 6.07) is 18.3. The molecule has 152 valence electrons. The summed E-state index contributed by atoms with van der Waals surface area (Å²) in [6.45, 7) is 0. The molecule has 0 bridgehead atoms. The van der Waals surface area contributed by atoms with Gasteiger partial charge in [-0.3, -0.25) is 4.79 Å². The van der Waals surface area contributed by atoms with Crippen molar-refractivity contribution in [3.8, 4) is 11.1 Å². The fourth-order valence-electron chi connectivity index (χ4n) is 4.37. The number of fused-ring (bicyclic) bond motifs is 3. The summed E-state index contributed by atoms with van der Waals surface area (Å²) in [5.41, 5.74) is 2.57. The van der Waals surface area contributed by atoms with E-state index in [4.69, 9.17) is 0 Å². The van der Waals surface area contributed by atoms with Crippen molar-refractivity contribution in [2.24, 2.45) is 0 Å². The Morgan fingerprint density at radius 3 is 2.37 bits per heavy atom. The summed E-state index contributed by atoms with van der Waals surface area (Å²) in [4.78, 5) is 12.0. The number of carboxylic acids is 1. The van der Waals surface area contributed by atoms with E-state index >= 15 is 0 Å². The summed E-state index contributed by atoms with van der Waals surface area (Å²) in [7, 11) is -4.06. The van der Waals surface area contributed by atoms with E-state index in [0.29, 0.717) is 6.42 Å². The van der Waals surface area contributed by atoms with Crippen LogP contribution < -0.4 is 4.72 Å². The van der Waals surface area contributed by atoms with Gasteiger partial charge in [0.2, 0.25) is 10.0 Å². The zero-order chi connectivity index (χ0) is 21.1. The first-order valence-electron chi connectivity index (χ1n) is 9.54. The summed E-state index contributed by atoms with van der Waals surface area (Å²) in [6.07, 6.45) is 0.629. The highest BCUT2D eigenvalue weighted by Gasteiger charge is 2.63. The molecule has 0 radical (unpaired) electrons. The SMILES string of the molecule is O=C(O)[C@@]1(NS(=O)(=O)c2ccc3c(c2)Cc2cc(F)ccc2-3)C[C@H]1c1ccccc1. The van der Waals surface area contributed by atoms with Crippen LogP contribution in [-0.2, 0) is 21.2 Å². The lowest BCUT2D eigenvalue weighted by Gasteiger charge is -2.16. The van der Waals surface area contributed by atoms with Crippen molar-refractivity contribution in [1.82, 2.24) is 4.72 Å². The topological polar surface area (TPSA) is 83.5 Å². The first-order chi connectivity index (χ1) is 14.3. The van der Waals surface area contributed by atoms with E-state index in [2.05, 4.69) is 4.72 Å². The number of hydrogen-bond donors (Lipinski definition) is 2. The van der Waals surface area contributed by atoms with Crippen molar-refractivity contribution in [3.63, 3.8) is 0 Å². The second-order valence-corrected chi connectivity index (χ2v) is 9.53. The Labute approximate surface area is 173 Å². The number of halogens is 1. The molecule has 2 aliphatic carbocycles. The van der Waals surface area contributed by atoms with Crippen molar-refractivity contribution in [2.45, 2.75) is 29.2 Å². The molecule has 0 saturated heterocycles. The Hall–Kier alpha value is -3.03. The fourth-order valence-corrected chi connectivity index (χ4v) is 5.82. The minimum Gasteiger partial charge on any atom is -0.480 e. The van der Waals surface area contributed by atoms with Gasteiger partial charge in [-0.2, -0.15) is 4.72 Å². The van der Waals surface area contributed by atoms with E-state index in [1.54, 1.807) is 42.5 Å². The molecule has 3 aromatic carbocycles. The molecule has 5 rings (SSSR count). The van der Waals surface area contributed by atoms with Crippen LogP contribution in [0.4, 0.5) is 4.39 Å². The maximum absolute atomic E-state index is 13.5. The molecule has 3 aromatic rings. The van der Waals surface area contributed by atoms with Crippen LogP contribution in [0.5, 0.6) is 0 Å². The van der Waals surface area contributed by atoms with Crippen LogP contribution in [0.15, 0.2) is 71.6 Å². The zero-order valence-electron chi connectivity index (χ0n) is 15.8. The average molecular weight is 423 g/mol. The molecule has 30 heavy (non-hydrogen) atoms. The van der Waals surface area contributed by atoms with E-state index in [-0.39, 0.29) is 17.1 Å². The average Bonchev–Trinajstić information content (AvgIpc) is 3.33. The van der Waals surface area contributed by atoms with Crippen LogP contribution in [-0.4, -0.2) is 25.0 Å². The number of hydrogen-bond acceptors (Lipinski definition) is 3. The predicted octanol–water partition coefficient (Wildman–Crippen LogP) is 3.69. The molecule has 0 heterocycles. The minimum atomic E-state index is -4.06. The molecule has 0 spiro atoms. The lowest BCUT2D eigenvalue weighted by Crippen LogP contribution is -2.44. The molecule has 0 amide bonds. The fraction of sp³-hybridized carbons (Fsp3) is 0.174. The van der Waals surface area contributed by atoms with Crippen molar-refractivity contribution in [2.75, 3.05) is 0 Å². The molecule has 5 nitrogen and oxygen atoms in total. The van der Waals surface area contributed by atoms with Gasteiger partial charge in [-0.05, 0) is 64.9 Å². The highest BCUT2D eigenvalue weighted by atomic mass is 32.2. The Bertz CT molecular complexity index is 1290. The van der Waals surface area contributed by atoms with Crippen LogP contribution in [0.1, 0.15) is 29.0 Å². The molecule has 7 heteroatoms. The number of sulfonamides is 1. The van der Waals surface area contributed by atoms with Gasteiger partial charge in [-0.15, -0.1) is 0 Å². The molecule has 2 atom stereocenters. The summed E-state index contributed by atoms with van der Waals surface area (Å²) in [5.74, 6) is -1.95. The number of nitrogens with one attached hydrogen (secondary N) is 1. The van der Waals surface area contributed by atoms with Gasteiger partial charge in [-0.25, -0.2) is 12.8 Å². The Balaban J connectivity index is 1.46. The number of rotatable bonds is 5. The van der Waals surface area contributed by atoms with Gasteiger partial charge in [0.05, 0.1) is 4.90 Å². The van der Waals surface area contributed by atoms with Crippen LogP contribution in [0.2, 0.25) is 0 Å². The lowest BCUT2D eigenvalue weighted by molar-refractivity contribution is -0.140. The number of carbonyl (C=O) groups is 1. The lowest BCUT2D eigenvalue weighted by atomic mass is 10.1. The predicted molar refractivity (Wildman–Crippen MR) is 109 cm³/mol. The molecule has 1 saturated carbocycles. The van der Waals surface area contributed by atoms with Crippen LogP contribution >= 0.6 is 0 Å².